The molecular weight excluding hydrogens is 406 g/mol. The van der Waals surface area contributed by atoms with E-state index in [-0.39, 0.29) is 5.91 Å². The normalized spacial score (nSPS) is 10.9. The molecule has 2 heterocycles. The number of hydrogen-bond acceptors (Lipinski definition) is 7. The zero-order chi connectivity index (χ0) is 22.3. The second-order valence-corrected chi connectivity index (χ2v) is 7.53. The Bertz CT molecular complexity index is 1160. The largest absolute Gasteiger partial charge is 0.421 e. The number of nitrogens with one attached hydrogen (secondary N) is 1. The van der Waals surface area contributed by atoms with Crippen molar-refractivity contribution in [3.8, 4) is 22.9 Å². The summed E-state index contributed by atoms with van der Waals surface area (Å²) in [5, 5.41) is 15.0. The minimum absolute atomic E-state index is 0.0466. The number of nitrogens with zero attached hydrogens (tertiary/aromatic N) is 4. The van der Waals surface area contributed by atoms with Gasteiger partial charge in [0.05, 0.1) is 0 Å². The summed E-state index contributed by atoms with van der Waals surface area (Å²) in [5.74, 6) is 2.09. The van der Waals surface area contributed by atoms with Crippen LogP contribution in [0.15, 0.2) is 57.5 Å². The van der Waals surface area contributed by atoms with Crippen LogP contribution in [0.4, 0.5) is 0 Å². The highest BCUT2D eigenvalue weighted by Crippen LogP contribution is 2.19. The van der Waals surface area contributed by atoms with Gasteiger partial charge in [-0.25, -0.2) is 0 Å². The zero-order valence-electron chi connectivity index (χ0n) is 18.2. The topological polar surface area (TPSA) is 107 Å². The summed E-state index contributed by atoms with van der Waals surface area (Å²) in [5.41, 5.74) is 4.03. The Kier molecular flexibility index (Phi) is 6.69. The Labute approximate surface area is 186 Å². The molecule has 0 atom stereocenters. The minimum atomic E-state index is -0.0466. The molecule has 32 heavy (non-hydrogen) atoms. The van der Waals surface area contributed by atoms with Crippen LogP contribution >= 0.6 is 0 Å². The fourth-order valence-corrected chi connectivity index (χ4v) is 3.15. The Morgan fingerprint density at radius 3 is 2.38 bits per heavy atom. The standard InChI is InChI=1S/C24H25N5O3/c1-3-20-26-23(32-29-20)18-10-6-17(7-11-18)14-15-25-21(30)12-13-22-27-28-24(31-22)19-8-4-16(2)5-9-19/h4-11H,3,12-15H2,1-2H3,(H,25,30). The summed E-state index contributed by atoms with van der Waals surface area (Å²) in [4.78, 5) is 16.5. The van der Waals surface area contributed by atoms with Crippen LogP contribution in [-0.2, 0) is 24.1 Å². The number of amides is 1. The first-order chi connectivity index (χ1) is 15.6. The molecule has 2 aromatic heterocycles. The average molecular weight is 431 g/mol. The molecule has 0 spiro atoms. The van der Waals surface area contributed by atoms with Crippen molar-refractivity contribution in [3.05, 3.63) is 71.4 Å². The summed E-state index contributed by atoms with van der Waals surface area (Å²) in [6.07, 6.45) is 2.17. The van der Waals surface area contributed by atoms with Crippen molar-refractivity contribution in [1.29, 1.82) is 0 Å². The maximum absolute atomic E-state index is 12.2. The van der Waals surface area contributed by atoms with Gasteiger partial charge in [0.15, 0.2) is 5.82 Å². The van der Waals surface area contributed by atoms with Crippen LogP contribution in [0, 0.1) is 6.92 Å². The molecule has 164 valence electrons. The van der Waals surface area contributed by atoms with E-state index in [0.29, 0.717) is 42.9 Å². The number of rotatable bonds is 9. The van der Waals surface area contributed by atoms with Gasteiger partial charge in [-0.05, 0) is 43.2 Å². The third kappa shape index (κ3) is 5.46. The first kappa shape index (κ1) is 21.4. The summed E-state index contributed by atoms with van der Waals surface area (Å²) in [6, 6.07) is 15.8. The van der Waals surface area contributed by atoms with Gasteiger partial charge in [-0.15, -0.1) is 10.2 Å². The van der Waals surface area contributed by atoms with Gasteiger partial charge >= 0.3 is 0 Å². The van der Waals surface area contributed by atoms with E-state index >= 15 is 0 Å². The second kappa shape index (κ2) is 10.00. The predicted octanol–water partition coefficient (Wildman–Crippen LogP) is 3.95. The highest BCUT2D eigenvalue weighted by atomic mass is 16.5. The lowest BCUT2D eigenvalue weighted by atomic mass is 10.1. The first-order valence-corrected chi connectivity index (χ1v) is 10.7. The summed E-state index contributed by atoms with van der Waals surface area (Å²) in [6.45, 7) is 4.56. The fraction of sp³-hybridized carbons (Fsp3) is 0.292. The fourth-order valence-electron chi connectivity index (χ4n) is 3.15. The van der Waals surface area contributed by atoms with Gasteiger partial charge in [-0.3, -0.25) is 4.79 Å². The molecule has 8 heteroatoms. The molecule has 0 aliphatic carbocycles. The molecule has 0 bridgehead atoms. The molecule has 0 aliphatic rings. The van der Waals surface area contributed by atoms with Crippen molar-refractivity contribution < 1.29 is 13.7 Å². The van der Waals surface area contributed by atoms with Gasteiger partial charge in [0.25, 0.3) is 5.89 Å². The Morgan fingerprint density at radius 1 is 0.938 bits per heavy atom. The lowest BCUT2D eigenvalue weighted by Crippen LogP contribution is -2.25. The number of benzene rings is 2. The molecule has 0 saturated heterocycles. The van der Waals surface area contributed by atoms with Crippen molar-refractivity contribution in [1.82, 2.24) is 25.7 Å². The zero-order valence-corrected chi connectivity index (χ0v) is 18.2. The second-order valence-electron chi connectivity index (χ2n) is 7.53. The highest BCUT2D eigenvalue weighted by molar-refractivity contribution is 5.76. The number of carbonyl (C=O) groups excluding carboxylic acids is 1. The first-order valence-electron chi connectivity index (χ1n) is 10.7. The van der Waals surface area contributed by atoms with Crippen LogP contribution in [0.5, 0.6) is 0 Å². The maximum Gasteiger partial charge on any atom is 0.257 e. The summed E-state index contributed by atoms with van der Waals surface area (Å²) < 4.78 is 10.9. The van der Waals surface area contributed by atoms with Gasteiger partial charge in [0.2, 0.25) is 17.7 Å². The lowest BCUT2D eigenvalue weighted by molar-refractivity contribution is -0.121. The van der Waals surface area contributed by atoms with Gasteiger partial charge in [-0.1, -0.05) is 41.9 Å². The van der Waals surface area contributed by atoms with Crippen molar-refractivity contribution in [2.75, 3.05) is 6.54 Å². The van der Waals surface area contributed by atoms with E-state index in [2.05, 4.69) is 25.7 Å². The molecule has 0 fully saturated rings. The van der Waals surface area contributed by atoms with Gasteiger partial charge in [-0.2, -0.15) is 4.98 Å². The molecular formula is C24H25N5O3. The Hall–Kier alpha value is -3.81. The van der Waals surface area contributed by atoms with E-state index in [9.17, 15) is 4.79 Å². The smallest absolute Gasteiger partial charge is 0.257 e. The van der Waals surface area contributed by atoms with E-state index < -0.39 is 0 Å². The Morgan fingerprint density at radius 2 is 1.66 bits per heavy atom. The highest BCUT2D eigenvalue weighted by Gasteiger charge is 2.11. The third-order valence-electron chi connectivity index (χ3n) is 5.05. The maximum atomic E-state index is 12.2. The van der Waals surface area contributed by atoms with Crippen LogP contribution in [-0.4, -0.2) is 32.8 Å². The van der Waals surface area contributed by atoms with Gasteiger partial charge < -0.3 is 14.3 Å². The van der Waals surface area contributed by atoms with Crippen LogP contribution in [0.3, 0.4) is 0 Å². The molecule has 1 amide bonds. The van der Waals surface area contributed by atoms with Crippen LogP contribution < -0.4 is 5.32 Å². The third-order valence-corrected chi connectivity index (χ3v) is 5.05. The van der Waals surface area contributed by atoms with E-state index in [4.69, 9.17) is 8.94 Å². The van der Waals surface area contributed by atoms with Gasteiger partial charge in [0.1, 0.15) is 0 Å². The summed E-state index contributed by atoms with van der Waals surface area (Å²) in [7, 11) is 0. The summed E-state index contributed by atoms with van der Waals surface area (Å²) >= 11 is 0. The SMILES string of the molecule is CCc1noc(-c2ccc(CCNC(=O)CCc3nnc(-c4ccc(C)cc4)o3)cc2)n1. The number of hydrogen-bond donors (Lipinski definition) is 1. The molecule has 0 radical (unpaired) electrons. The molecule has 0 aliphatic heterocycles. The van der Waals surface area contributed by atoms with E-state index in [1.807, 2.05) is 62.4 Å². The number of carbonyl (C=O) groups is 1. The van der Waals surface area contributed by atoms with Crippen molar-refractivity contribution in [2.24, 2.45) is 0 Å². The van der Waals surface area contributed by atoms with E-state index in [1.165, 1.54) is 5.56 Å². The van der Waals surface area contributed by atoms with E-state index in [1.54, 1.807) is 0 Å². The quantitative estimate of drug-likeness (QED) is 0.427. The average Bonchev–Trinajstić information content (AvgIpc) is 3.49. The van der Waals surface area contributed by atoms with Crippen LogP contribution in [0.1, 0.15) is 36.2 Å². The van der Waals surface area contributed by atoms with E-state index in [0.717, 1.165) is 29.5 Å². The van der Waals surface area contributed by atoms with Crippen molar-refractivity contribution in [2.45, 2.75) is 39.5 Å². The molecule has 0 saturated carbocycles. The predicted molar refractivity (Wildman–Crippen MR) is 119 cm³/mol. The van der Waals surface area contributed by atoms with Crippen molar-refractivity contribution >= 4 is 5.91 Å². The lowest BCUT2D eigenvalue weighted by Gasteiger charge is -2.05. The molecule has 4 rings (SSSR count). The number of aromatic nitrogens is 4. The number of aryl methyl sites for hydroxylation is 3. The van der Waals surface area contributed by atoms with Crippen LogP contribution in [0.2, 0.25) is 0 Å². The molecule has 4 aromatic rings. The van der Waals surface area contributed by atoms with Gasteiger partial charge in [0, 0.05) is 36.9 Å². The molecule has 1 N–H and O–H groups in total. The van der Waals surface area contributed by atoms with Crippen molar-refractivity contribution in [3.63, 3.8) is 0 Å². The molecule has 0 unspecified atom stereocenters. The Balaban J connectivity index is 1.20. The molecule has 8 nitrogen and oxygen atoms in total. The molecule has 2 aromatic carbocycles. The van der Waals surface area contributed by atoms with Crippen LogP contribution in [0.25, 0.3) is 22.9 Å². The monoisotopic (exact) mass is 431 g/mol. The minimum Gasteiger partial charge on any atom is -0.421 e.